The van der Waals surface area contributed by atoms with Crippen LogP contribution in [-0.4, -0.2) is 19.7 Å². The van der Waals surface area contributed by atoms with Crippen LogP contribution in [0.2, 0.25) is 0 Å². The maximum Gasteiger partial charge on any atom is 0.136 e. The Morgan fingerprint density at radius 3 is 2.93 bits per heavy atom. The van der Waals surface area contributed by atoms with Gasteiger partial charge >= 0.3 is 0 Å². The molecule has 1 aliphatic rings. The number of nitrogens with one attached hydrogen (secondary N) is 1. The molecule has 0 amide bonds. The zero-order chi connectivity index (χ0) is 10.1. The summed E-state index contributed by atoms with van der Waals surface area (Å²) < 4.78 is 7.79. The van der Waals surface area contributed by atoms with Crippen molar-refractivity contribution < 1.29 is 4.74 Å². The first-order valence-electron chi connectivity index (χ1n) is 4.48. The van der Waals surface area contributed by atoms with Crippen LogP contribution in [0.1, 0.15) is 5.56 Å². The predicted octanol–water partition coefficient (Wildman–Crippen LogP) is 2.73. The second kappa shape index (κ2) is 4.21. The Bertz CT molecular complexity index is 354. The molecule has 0 aromatic heterocycles. The number of ether oxygens (including phenoxy) is 1. The summed E-state index contributed by atoms with van der Waals surface area (Å²) >= 11 is 6.98. The standard InChI is InChI=1S/C10H11Br2NO/c1-13-8-3-6-2-7(11)4-9(12)10(6)14-5-8/h2,4,8,13H,3,5H2,1H3/t8-/m1/s1. The minimum absolute atomic E-state index is 0.420. The third-order valence-corrected chi connectivity index (χ3v) is 3.44. The SMILES string of the molecule is CN[C@H]1COc2c(Br)cc(Br)cc2C1. The van der Waals surface area contributed by atoms with Crippen LogP contribution in [0.5, 0.6) is 5.75 Å². The average molecular weight is 321 g/mol. The second-order valence-corrected chi connectivity index (χ2v) is 5.15. The van der Waals surface area contributed by atoms with E-state index in [2.05, 4.69) is 43.2 Å². The Kier molecular flexibility index (Phi) is 3.14. The number of hydrogen-bond acceptors (Lipinski definition) is 2. The molecule has 0 bridgehead atoms. The maximum atomic E-state index is 5.68. The van der Waals surface area contributed by atoms with E-state index in [1.807, 2.05) is 13.1 Å². The highest BCUT2D eigenvalue weighted by Crippen LogP contribution is 2.35. The molecule has 1 aromatic carbocycles. The van der Waals surface area contributed by atoms with Crippen molar-refractivity contribution in [3.8, 4) is 5.75 Å². The van der Waals surface area contributed by atoms with Crippen LogP contribution in [0.25, 0.3) is 0 Å². The molecule has 0 spiro atoms. The van der Waals surface area contributed by atoms with Gasteiger partial charge in [0.15, 0.2) is 0 Å². The van der Waals surface area contributed by atoms with Crippen LogP contribution >= 0.6 is 31.9 Å². The lowest BCUT2D eigenvalue weighted by atomic mass is 10.0. The Morgan fingerprint density at radius 2 is 2.21 bits per heavy atom. The van der Waals surface area contributed by atoms with E-state index in [0.717, 1.165) is 27.7 Å². The number of rotatable bonds is 1. The molecular formula is C10H11Br2NO. The van der Waals surface area contributed by atoms with Gasteiger partial charge in [-0.25, -0.2) is 0 Å². The third kappa shape index (κ3) is 1.97. The predicted molar refractivity (Wildman–Crippen MR) is 63.9 cm³/mol. The normalized spacial score (nSPS) is 20.1. The summed E-state index contributed by atoms with van der Waals surface area (Å²) in [6, 6.07) is 4.55. The largest absolute Gasteiger partial charge is 0.490 e. The van der Waals surface area contributed by atoms with Gasteiger partial charge in [0.1, 0.15) is 12.4 Å². The Balaban J connectivity index is 2.37. The highest BCUT2D eigenvalue weighted by Gasteiger charge is 2.20. The van der Waals surface area contributed by atoms with E-state index in [-0.39, 0.29) is 0 Å². The van der Waals surface area contributed by atoms with Crippen molar-refractivity contribution in [1.29, 1.82) is 0 Å². The van der Waals surface area contributed by atoms with E-state index in [4.69, 9.17) is 4.74 Å². The van der Waals surface area contributed by atoms with Crippen LogP contribution in [0.3, 0.4) is 0 Å². The van der Waals surface area contributed by atoms with Crippen molar-refractivity contribution in [2.45, 2.75) is 12.5 Å². The lowest BCUT2D eigenvalue weighted by Crippen LogP contribution is -2.36. The lowest BCUT2D eigenvalue weighted by molar-refractivity contribution is 0.244. The fraction of sp³-hybridized carbons (Fsp3) is 0.400. The molecule has 2 nitrogen and oxygen atoms in total. The van der Waals surface area contributed by atoms with Crippen LogP contribution in [0.15, 0.2) is 21.1 Å². The molecule has 1 aromatic rings. The van der Waals surface area contributed by atoms with Crippen molar-refractivity contribution in [1.82, 2.24) is 5.32 Å². The number of halogens is 2. The molecular weight excluding hydrogens is 310 g/mol. The Labute approximate surface area is 100 Å². The van der Waals surface area contributed by atoms with Gasteiger partial charge in [0.05, 0.1) is 4.47 Å². The zero-order valence-corrected chi connectivity index (χ0v) is 11.0. The quantitative estimate of drug-likeness (QED) is 0.859. The summed E-state index contributed by atoms with van der Waals surface area (Å²) in [6.07, 6.45) is 1.02. The van der Waals surface area contributed by atoms with E-state index in [1.165, 1.54) is 5.56 Å². The van der Waals surface area contributed by atoms with Crippen molar-refractivity contribution in [3.05, 3.63) is 26.6 Å². The van der Waals surface area contributed by atoms with Gasteiger partial charge in [-0.05, 0) is 47.1 Å². The molecule has 0 radical (unpaired) electrons. The first-order chi connectivity index (χ1) is 6.70. The van der Waals surface area contributed by atoms with Gasteiger partial charge in [-0.1, -0.05) is 15.9 Å². The summed E-state index contributed by atoms with van der Waals surface area (Å²) in [7, 11) is 1.96. The monoisotopic (exact) mass is 319 g/mol. The van der Waals surface area contributed by atoms with Crippen molar-refractivity contribution in [2.75, 3.05) is 13.7 Å². The molecule has 4 heteroatoms. The highest BCUT2D eigenvalue weighted by atomic mass is 79.9. The fourth-order valence-corrected chi connectivity index (χ4v) is 3.05. The molecule has 0 unspecified atom stereocenters. The molecule has 76 valence electrons. The first-order valence-corrected chi connectivity index (χ1v) is 6.07. The van der Waals surface area contributed by atoms with Crippen molar-refractivity contribution in [2.24, 2.45) is 0 Å². The summed E-state index contributed by atoms with van der Waals surface area (Å²) in [5, 5.41) is 3.23. The zero-order valence-electron chi connectivity index (χ0n) is 7.81. The second-order valence-electron chi connectivity index (χ2n) is 3.38. The molecule has 1 N–H and O–H groups in total. The summed E-state index contributed by atoms with van der Waals surface area (Å²) in [6.45, 7) is 0.740. The van der Waals surface area contributed by atoms with Crippen molar-refractivity contribution >= 4 is 31.9 Å². The van der Waals surface area contributed by atoms with Gasteiger partial charge in [-0.2, -0.15) is 0 Å². The van der Waals surface area contributed by atoms with Gasteiger partial charge in [-0.15, -0.1) is 0 Å². The van der Waals surface area contributed by atoms with Gasteiger partial charge < -0.3 is 10.1 Å². The first kappa shape index (κ1) is 10.5. The Hall–Kier alpha value is -0.0600. The van der Waals surface area contributed by atoms with Crippen molar-refractivity contribution in [3.63, 3.8) is 0 Å². The summed E-state index contributed by atoms with van der Waals surface area (Å²) in [5.41, 5.74) is 1.25. The van der Waals surface area contributed by atoms with Gasteiger partial charge in [0.25, 0.3) is 0 Å². The van der Waals surface area contributed by atoms with Crippen LogP contribution in [0, 0.1) is 0 Å². The number of fused-ring (bicyclic) bond motifs is 1. The van der Waals surface area contributed by atoms with Gasteiger partial charge in [-0.3, -0.25) is 0 Å². The topological polar surface area (TPSA) is 21.3 Å². The molecule has 2 rings (SSSR count). The van der Waals surface area contributed by atoms with Crippen LogP contribution in [-0.2, 0) is 6.42 Å². The molecule has 0 fully saturated rings. The molecule has 0 aliphatic carbocycles. The number of hydrogen-bond donors (Lipinski definition) is 1. The van der Waals surface area contributed by atoms with E-state index >= 15 is 0 Å². The molecule has 1 heterocycles. The van der Waals surface area contributed by atoms with E-state index in [9.17, 15) is 0 Å². The minimum Gasteiger partial charge on any atom is -0.490 e. The number of likely N-dealkylation sites (N-methyl/N-ethyl adjacent to an activating group) is 1. The van der Waals surface area contributed by atoms with Crippen LogP contribution < -0.4 is 10.1 Å². The van der Waals surface area contributed by atoms with Crippen LogP contribution in [0.4, 0.5) is 0 Å². The maximum absolute atomic E-state index is 5.68. The van der Waals surface area contributed by atoms with E-state index in [0.29, 0.717) is 6.04 Å². The van der Waals surface area contributed by atoms with E-state index < -0.39 is 0 Å². The van der Waals surface area contributed by atoms with Gasteiger partial charge in [0.2, 0.25) is 0 Å². The highest BCUT2D eigenvalue weighted by molar-refractivity contribution is 9.11. The fourth-order valence-electron chi connectivity index (χ4n) is 1.62. The Morgan fingerprint density at radius 1 is 1.43 bits per heavy atom. The summed E-state index contributed by atoms with van der Waals surface area (Å²) in [5.74, 6) is 0.986. The lowest BCUT2D eigenvalue weighted by Gasteiger charge is -2.25. The molecule has 0 saturated heterocycles. The molecule has 0 saturated carbocycles. The van der Waals surface area contributed by atoms with Gasteiger partial charge in [0, 0.05) is 10.5 Å². The average Bonchev–Trinajstić information content (AvgIpc) is 2.16. The number of benzene rings is 1. The molecule has 1 aliphatic heterocycles. The smallest absolute Gasteiger partial charge is 0.136 e. The molecule has 1 atom stereocenters. The minimum atomic E-state index is 0.420. The summed E-state index contributed by atoms with van der Waals surface area (Å²) in [4.78, 5) is 0. The third-order valence-electron chi connectivity index (χ3n) is 2.39. The molecule has 14 heavy (non-hydrogen) atoms. The van der Waals surface area contributed by atoms with E-state index in [1.54, 1.807) is 0 Å².